The van der Waals surface area contributed by atoms with Crippen LogP contribution in [0.25, 0.3) is 0 Å². The highest BCUT2D eigenvalue weighted by atomic mass is 32.2. The maximum atomic E-state index is 12.1. The van der Waals surface area contributed by atoms with Gasteiger partial charge in [0.15, 0.2) is 9.84 Å². The van der Waals surface area contributed by atoms with E-state index in [4.69, 9.17) is 0 Å². The van der Waals surface area contributed by atoms with Gasteiger partial charge in [0.05, 0.1) is 11.0 Å². The number of hydrogen-bond donors (Lipinski definition) is 1. The lowest BCUT2D eigenvalue weighted by Crippen LogP contribution is -2.29. The molecule has 98 valence electrons. The average Bonchev–Trinajstić information content (AvgIpc) is 2.74. The van der Waals surface area contributed by atoms with E-state index in [0.717, 1.165) is 6.26 Å². The summed E-state index contributed by atoms with van der Waals surface area (Å²) < 4.78 is 22.8. The minimum Gasteiger partial charge on any atom is -0.391 e. The fourth-order valence-electron chi connectivity index (χ4n) is 1.97. The molecule has 1 atom stereocenters. The SMILES string of the molecule is CS(=O)(=O)c1cccc(C(=O)N2CC[C@H](O)C2)c1. The first-order valence-electron chi connectivity index (χ1n) is 5.65. The van der Waals surface area contributed by atoms with Gasteiger partial charge in [-0.15, -0.1) is 0 Å². The Labute approximate surface area is 106 Å². The third kappa shape index (κ3) is 2.70. The lowest BCUT2D eigenvalue weighted by atomic mass is 10.2. The van der Waals surface area contributed by atoms with Crippen LogP contribution < -0.4 is 0 Å². The number of β-amino-alcohol motifs (C(OH)–C–C–N with tert-alkyl or cyclic N) is 1. The molecule has 0 unspecified atom stereocenters. The second-order valence-corrected chi connectivity index (χ2v) is 6.51. The molecule has 2 rings (SSSR count). The minimum absolute atomic E-state index is 0.132. The van der Waals surface area contributed by atoms with E-state index in [-0.39, 0.29) is 10.8 Å². The Bertz CT molecular complexity index is 567. The van der Waals surface area contributed by atoms with E-state index in [1.807, 2.05) is 0 Å². The maximum Gasteiger partial charge on any atom is 0.253 e. The molecule has 0 aromatic heterocycles. The van der Waals surface area contributed by atoms with E-state index in [2.05, 4.69) is 0 Å². The molecule has 1 saturated heterocycles. The second-order valence-electron chi connectivity index (χ2n) is 4.49. The summed E-state index contributed by atoms with van der Waals surface area (Å²) in [6, 6.07) is 5.98. The number of nitrogens with zero attached hydrogens (tertiary/aromatic N) is 1. The molecule has 0 spiro atoms. The number of hydrogen-bond acceptors (Lipinski definition) is 4. The van der Waals surface area contributed by atoms with E-state index in [1.54, 1.807) is 12.1 Å². The topological polar surface area (TPSA) is 74.7 Å². The third-order valence-corrected chi connectivity index (χ3v) is 4.07. The summed E-state index contributed by atoms with van der Waals surface area (Å²) in [5, 5.41) is 9.39. The predicted molar refractivity (Wildman–Crippen MR) is 66.1 cm³/mol. The molecule has 6 heteroatoms. The van der Waals surface area contributed by atoms with Crippen LogP contribution in [0.5, 0.6) is 0 Å². The summed E-state index contributed by atoms with van der Waals surface area (Å²) in [6.07, 6.45) is 1.19. The van der Waals surface area contributed by atoms with Gasteiger partial charge in [0.25, 0.3) is 5.91 Å². The number of aliphatic hydroxyl groups excluding tert-OH is 1. The first-order valence-corrected chi connectivity index (χ1v) is 7.54. The molecule has 0 radical (unpaired) electrons. The number of rotatable bonds is 2. The van der Waals surface area contributed by atoms with Gasteiger partial charge in [0.1, 0.15) is 0 Å². The molecule has 18 heavy (non-hydrogen) atoms. The van der Waals surface area contributed by atoms with Crippen LogP contribution in [0, 0.1) is 0 Å². The molecule has 0 bridgehead atoms. The summed E-state index contributed by atoms with van der Waals surface area (Å²) in [7, 11) is -3.31. The van der Waals surface area contributed by atoms with Gasteiger partial charge < -0.3 is 10.0 Å². The van der Waals surface area contributed by atoms with Gasteiger partial charge in [-0.3, -0.25) is 4.79 Å². The summed E-state index contributed by atoms with van der Waals surface area (Å²) in [5.74, 6) is -0.239. The van der Waals surface area contributed by atoms with Crippen molar-refractivity contribution in [1.29, 1.82) is 0 Å². The number of sulfone groups is 1. The number of carbonyl (C=O) groups excluding carboxylic acids is 1. The van der Waals surface area contributed by atoms with Crippen molar-refractivity contribution in [1.82, 2.24) is 4.90 Å². The fourth-order valence-corrected chi connectivity index (χ4v) is 2.64. The van der Waals surface area contributed by atoms with Crippen molar-refractivity contribution in [2.24, 2.45) is 0 Å². The monoisotopic (exact) mass is 269 g/mol. The Balaban J connectivity index is 2.26. The van der Waals surface area contributed by atoms with Gasteiger partial charge in [-0.05, 0) is 24.6 Å². The Morgan fingerprint density at radius 2 is 2.17 bits per heavy atom. The van der Waals surface area contributed by atoms with Crippen LogP contribution in [-0.2, 0) is 9.84 Å². The van der Waals surface area contributed by atoms with E-state index in [0.29, 0.717) is 25.1 Å². The van der Waals surface area contributed by atoms with Crippen molar-refractivity contribution in [3.63, 3.8) is 0 Å². The van der Waals surface area contributed by atoms with Crippen LogP contribution in [0.15, 0.2) is 29.2 Å². The van der Waals surface area contributed by atoms with Gasteiger partial charge in [-0.2, -0.15) is 0 Å². The van der Waals surface area contributed by atoms with Crippen LogP contribution in [0.3, 0.4) is 0 Å². The molecular weight excluding hydrogens is 254 g/mol. The van der Waals surface area contributed by atoms with Crippen molar-refractivity contribution in [2.45, 2.75) is 17.4 Å². The molecule has 1 amide bonds. The van der Waals surface area contributed by atoms with Crippen molar-refractivity contribution in [3.8, 4) is 0 Å². The van der Waals surface area contributed by atoms with Gasteiger partial charge in [-0.25, -0.2) is 8.42 Å². The molecule has 1 fully saturated rings. The maximum absolute atomic E-state index is 12.1. The highest BCUT2D eigenvalue weighted by Gasteiger charge is 2.25. The normalized spacial score (nSPS) is 20.1. The van der Waals surface area contributed by atoms with E-state index < -0.39 is 15.9 Å². The van der Waals surface area contributed by atoms with Gasteiger partial charge in [0.2, 0.25) is 0 Å². The number of benzene rings is 1. The number of aliphatic hydroxyl groups is 1. The number of carbonyl (C=O) groups is 1. The largest absolute Gasteiger partial charge is 0.391 e. The van der Waals surface area contributed by atoms with Crippen molar-refractivity contribution < 1.29 is 18.3 Å². The van der Waals surface area contributed by atoms with Crippen LogP contribution in [0.2, 0.25) is 0 Å². The first-order chi connectivity index (χ1) is 8.38. The number of amides is 1. The highest BCUT2D eigenvalue weighted by Crippen LogP contribution is 2.16. The van der Waals surface area contributed by atoms with Gasteiger partial charge >= 0.3 is 0 Å². The van der Waals surface area contributed by atoms with Crippen LogP contribution >= 0.6 is 0 Å². The molecule has 1 aliphatic heterocycles. The molecule has 1 N–H and O–H groups in total. The molecule has 0 saturated carbocycles. The van der Waals surface area contributed by atoms with Gasteiger partial charge in [-0.1, -0.05) is 6.07 Å². The van der Waals surface area contributed by atoms with Gasteiger partial charge in [0, 0.05) is 24.9 Å². The Hall–Kier alpha value is -1.40. The first kappa shape index (κ1) is 13.0. The molecule has 1 aromatic rings. The van der Waals surface area contributed by atoms with E-state index >= 15 is 0 Å². The Morgan fingerprint density at radius 3 is 2.72 bits per heavy atom. The van der Waals surface area contributed by atoms with Crippen molar-refractivity contribution >= 4 is 15.7 Å². The summed E-state index contributed by atoms with van der Waals surface area (Å²) in [5.41, 5.74) is 0.340. The lowest BCUT2D eigenvalue weighted by molar-refractivity contribution is 0.0764. The Kier molecular flexibility index (Phi) is 3.41. The lowest BCUT2D eigenvalue weighted by Gasteiger charge is -2.15. The van der Waals surface area contributed by atoms with Crippen LogP contribution in [-0.4, -0.2) is 49.8 Å². The molecule has 1 heterocycles. The van der Waals surface area contributed by atoms with Crippen LogP contribution in [0.4, 0.5) is 0 Å². The molecule has 1 aliphatic rings. The Morgan fingerprint density at radius 1 is 1.44 bits per heavy atom. The molecule has 1 aromatic carbocycles. The highest BCUT2D eigenvalue weighted by molar-refractivity contribution is 7.90. The third-order valence-electron chi connectivity index (χ3n) is 2.96. The summed E-state index contributed by atoms with van der Waals surface area (Å²) >= 11 is 0. The predicted octanol–water partition coefficient (Wildman–Crippen LogP) is 0.297. The zero-order valence-electron chi connectivity index (χ0n) is 10.0. The smallest absolute Gasteiger partial charge is 0.253 e. The van der Waals surface area contributed by atoms with Crippen molar-refractivity contribution in [2.75, 3.05) is 19.3 Å². The second kappa shape index (κ2) is 4.70. The quantitative estimate of drug-likeness (QED) is 0.837. The van der Waals surface area contributed by atoms with E-state index in [9.17, 15) is 18.3 Å². The van der Waals surface area contributed by atoms with Crippen molar-refractivity contribution in [3.05, 3.63) is 29.8 Å². The fraction of sp³-hybridized carbons (Fsp3) is 0.417. The average molecular weight is 269 g/mol. The van der Waals surface area contributed by atoms with E-state index in [1.165, 1.54) is 17.0 Å². The zero-order chi connectivity index (χ0) is 13.3. The molecule has 5 nitrogen and oxygen atoms in total. The number of likely N-dealkylation sites (tertiary alicyclic amines) is 1. The minimum atomic E-state index is -3.31. The zero-order valence-corrected chi connectivity index (χ0v) is 10.9. The summed E-state index contributed by atoms with van der Waals surface area (Å²) in [6.45, 7) is 0.811. The van der Waals surface area contributed by atoms with Crippen LogP contribution in [0.1, 0.15) is 16.8 Å². The summed E-state index contributed by atoms with van der Waals surface area (Å²) in [4.78, 5) is 13.8. The molecular formula is C12H15NO4S. The molecule has 0 aliphatic carbocycles. The standard InChI is InChI=1S/C12H15NO4S/c1-18(16,17)11-4-2-3-9(7-11)12(15)13-6-5-10(14)8-13/h2-4,7,10,14H,5-6,8H2,1H3/t10-/m0/s1.